The molecule has 0 spiro atoms. The van der Waals surface area contributed by atoms with Crippen molar-refractivity contribution in [3.63, 3.8) is 0 Å². The fraction of sp³-hybridized carbons (Fsp3) is 0.478. The number of thioether (sulfide) groups is 1. The predicted molar refractivity (Wildman–Crippen MR) is 109 cm³/mol. The molecular weight excluding hydrogens is 338 g/mol. The molecule has 3 atom stereocenters. The third-order valence-electron chi connectivity index (χ3n) is 6.15. The second-order valence-electron chi connectivity index (χ2n) is 8.12. The summed E-state index contributed by atoms with van der Waals surface area (Å²) in [6.07, 6.45) is 4.81. The van der Waals surface area contributed by atoms with Crippen LogP contribution in [0, 0.1) is 11.8 Å². The van der Waals surface area contributed by atoms with E-state index in [-0.39, 0.29) is 5.92 Å². The van der Waals surface area contributed by atoms with Crippen LogP contribution in [-0.4, -0.2) is 30.6 Å². The number of hydrogen-bond acceptors (Lipinski definition) is 3. The highest BCUT2D eigenvalue weighted by molar-refractivity contribution is 7.98. The zero-order valence-corrected chi connectivity index (χ0v) is 16.6. The molecule has 2 nitrogen and oxygen atoms in total. The van der Waals surface area contributed by atoms with Crippen LogP contribution >= 0.6 is 11.8 Å². The topological polar surface area (TPSA) is 23.5 Å². The Morgan fingerprint density at radius 1 is 1.00 bits per heavy atom. The minimum absolute atomic E-state index is 0.264. The number of hydrogen-bond donors (Lipinski definition) is 1. The molecule has 0 bridgehead atoms. The molecule has 138 valence electrons. The van der Waals surface area contributed by atoms with Crippen molar-refractivity contribution in [1.29, 1.82) is 0 Å². The van der Waals surface area contributed by atoms with Crippen molar-refractivity contribution in [2.24, 2.45) is 11.8 Å². The molecule has 26 heavy (non-hydrogen) atoms. The summed E-state index contributed by atoms with van der Waals surface area (Å²) in [7, 11) is 4.31. The molecule has 3 heteroatoms. The fourth-order valence-corrected chi connectivity index (χ4v) is 6.19. The summed E-state index contributed by atoms with van der Waals surface area (Å²) in [5, 5.41) is 12.4. The van der Waals surface area contributed by atoms with Crippen molar-refractivity contribution in [2.75, 3.05) is 20.6 Å². The molecule has 1 N–H and O–H groups in total. The molecule has 1 saturated carbocycles. The molecule has 2 aromatic rings. The molecule has 3 unspecified atom stereocenters. The zero-order chi connectivity index (χ0) is 18.1. The summed E-state index contributed by atoms with van der Waals surface area (Å²) in [6.45, 7) is 1.05. The van der Waals surface area contributed by atoms with Crippen molar-refractivity contribution < 1.29 is 5.11 Å². The third kappa shape index (κ3) is 3.11. The predicted octanol–water partition coefficient (Wildman–Crippen LogP) is 4.90. The second kappa shape index (κ2) is 7.38. The van der Waals surface area contributed by atoms with Crippen LogP contribution in [0.3, 0.4) is 0 Å². The molecule has 2 aromatic carbocycles. The Hall–Kier alpha value is -1.29. The Bertz CT molecular complexity index is 725. The Morgan fingerprint density at radius 2 is 1.69 bits per heavy atom. The summed E-state index contributed by atoms with van der Waals surface area (Å²) in [4.78, 5) is 3.52. The normalized spacial score (nSPS) is 28.3. The smallest absolute Gasteiger partial charge is 0.119 e. The number of aliphatic hydroxyl groups is 1. The Morgan fingerprint density at radius 3 is 2.50 bits per heavy atom. The summed E-state index contributed by atoms with van der Waals surface area (Å²) in [6, 6.07) is 17.1. The molecular formula is C23H29NOS. The highest BCUT2D eigenvalue weighted by Crippen LogP contribution is 2.52. The van der Waals surface area contributed by atoms with Gasteiger partial charge in [-0.25, -0.2) is 0 Å². The van der Waals surface area contributed by atoms with Crippen molar-refractivity contribution >= 4 is 11.8 Å². The van der Waals surface area contributed by atoms with Gasteiger partial charge in [-0.15, -0.1) is 11.8 Å². The van der Waals surface area contributed by atoms with E-state index in [0.717, 1.165) is 29.8 Å². The van der Waals surface area contributed by atoms with E-state index in [0.29, 0.717) is 5.92 Å². The highest BCUT2D eigenvalue weighted by atomic mass is 32.2. The van der Waals surface area contributed by atoms with Gasteiger partial charge in [0.25, 0.3) is 0 Å². The monoisotopic (exact) mass is 367 g/mol. The van der Waals surface area contributed by atoms with Crippen LogP contribution in [0.1, 0.15) is 42.4 Å². The third-order valence-corrected chi connectivity index (χ3v) is 7.28. The average Bonchev–Trinajstić information content (AvgIpc) is 2.78. The van der Waals surface area contributed by atoms with Crippen LogP contribution < -0.4 is 0 Å². The Balaban J connectivity index is 1.89. The lowest BCUT2D eigenvalue weighted by Gasteiger charge is -2.45. The largest absolute Gasteiger partial charge is 0.380 e. The van der Waals surface area contributed by atoms with E-state index < -0.39 is 5.60 Å². The van der Waals surface area contributed by atoms with Crippen LogP contribution in [-0.2, 0) is 11.4 Å². The first kappa shape index (κ1) is 18.1. The quantitative estimate of drug-likeness (QED) is 0.835. The molecule has 0 amide bonds. The molecule has 4 rings (SSSR count). The zero-order valence-electron chi connectivity index (χ0n) is 15.8. The second-order valence-corrected chi connectivity index (χ2v) is 9.14. The van der Waals surface area contributed by atoms with Crippen molar-refractivity contribution in [3.8, 4) is 0 Å². The highest BCUT2D eigenvalue weighted by Gasteiger charge is 2.47. The first-order valence-electron chi connectivity index (χ1n) is 9.78. The maximum Gasteiger partial charge on any atom is 0.119 e. The van der Waals surface area contributed by atoms with Crippen molar-refractivity contribution in [2.45, 2.75) is 41.9 Å². The van der Waals surface area contributed by atoms with Gasteiger partial charge in [-0.05, 0) is 50.0 Å². The van der Waals surface area contributed by atoms with E-state index >= 15 is 0 Å². The number of benzene rings is 2. The van der Waals surface area contributed by atoms with Gasteiger partial charge in [0, 0.05) is 28.7 Å². The van der Waals surface area contributed by atoms with E-state index in [2.05, 4.69) is 67.5 Å². The number of fused-ring (bicyclic) bond motifs is 2. The van der Waals surface area contributed by atoms with E-state index in [9.17, 15) is 5.11 Å². The Labute approximate surface area is 161 Å². The number of rotatable bonds is 3. The van der Waals surface area contributed by atoms with Crippen LogP contribution in [0.5, 0.6) is 0 Å². The first-order chi connectivity index (χ1) is 12.6. The van der Waals surface area contributed by atoms with Gasteiger partial charge in [0.15, 0.2) is 0 Å². The van der Waals surface area contributed by atoms with Gasteiger partial charge in [-0.1, -0.05) is 55.3 Å². The van der Waals surface area contributed by atoms with Crippen molar-refractivity contribution in [1.82, 2.24) is 4.90 Å². The maximum atomic E-state index is 12.4. The Kier molecular flexibility index (Phi) is 5.13. The van der Waals surface area contributed by atoms with Crippen LogP contribution in [0.2, 0.25) is 0 Å². The van der Waals surface area contributed by atoms with Gasteiger partial charge < -0.3 is 10.0 Å². The minimum Gasteiger partial charge on any atom is -0.380 e. The first-order valence-corrected chi connectivity index (χ1v) is 10.8. The molecule has 0 saturated heterocycles. The summed E-state index contributed by atoms with van der Waals surface area (Å²) in [5.74, 6) is 1.72. The molecule has 1 aliphatic heterocycles. The molecule has 0 radical (unpaired) electrons. The summed E-state index contributed by atoms with van der Waals surface area (Å²) in [5.41, 5.74) is 2.64. The number of nitrogens with zero attached hydrogens (tertiary/aromatic N) is 1. The van der Waals surface area contributed by atoms with Gasteiger partial charge in [0.05, 0.1) is 0 Å². The van der Waals surface area contributed by atoms with Gasteiger partial charge in [0.1, 0.15) is 5.60 Å². The van der Waals surface area contributed by atoms with Crippen LogP contribution in [0.15, 0.2) is 53.4 Å². The molecule has 1 aliphatic carbocycles. The molecule has 1 fully saturated rings. The maximum absolute atomic E-state index is 12.4. The summed E-state index contributed by atoms with van der Waals surface area (Å²) < 4.78 is 0. The lowest BCUT2D eigenvalue weighted by atomic mass is 9.64. The van der Waals surface area contributed by atoms with E-state index in [1.54, 1.807) is 0 Å². The van der Waals surface area contributed by atoms with E-state index in [1.807, 2.05) is 11.8 Å². The standard InChI is InChI=1S/C23H29NOS/c1-24(2)15-17-9-3-5-11-19(17)23(25)20-12-6-4-10-18(20)16-26-22-14-8-7-13-21(22)23/h4,6-8,10,12-14,17,19,25H,3,5,9,11,15-16H2,1-2H3. The van der Waals surface area contributed by atoms with E-state index in [1.165, 1.54) is 29.7 Å². The summed E-state index contributed by atoms with van der Waals surface area (Å²) >= 11 is 1.86. The van der Waals surface area contributed by atoms with Gasteiger partial charge in [-0.3, -0.25) is 0 Å². The van der Waals surface area contributed by atoms with Crippen LogP contribution in [0.4, 0.5) is 0 Å². The lowest BCUT2D eigenvalue weighted by Crippen LogP contribution is -2.45. The SMILES string of the molecule is CN(C)CC1CCCCC1C1(O)c2ccccc2CSc2ccccc21. The fourth-order valence-electron chi connectivity index (χ4n) is 5.07. The molecule has 2 aliphatic rings. The van der Waals surface area contributed by atoms with Gasteiger partial charge >= 0.3 is 0 Å². The van der Waals surface area contributed by atoms with Gasteiger partial charge in [-0.2, -0.15) is 0 Å². The van der Waals surface area contributed by atoms with Gasteiger partial charge in [0.2, 0.25) is 0 Å². The molecule has 0 aromatic heterocycles. The average molecular weight is 368 g/mol. The lowest BCUT2D eigenvalue weighted by molar-refractivity contribution is -0.0364. The van der Waals surface area contributed by atoms with E-state index in [4.69, 9.17) is 0 Å². The molecule has 1 heterocycles. The van der Waals surface area contributed by atoms with Crippen molar-refractivity contribution in [3.05, 3.63) is 65.2 Å². The minimum atomic E-state index is -0.891. The van der Waals surface area contributed by atoms with Crippen LogP contribution in [0.25, 0.3) is 0 Å².